The summed E-state index contributed by atoms with van der Waals surface area (Å²) in [7, 11) is 12.6. The summed E-state index contributed by atoms with van der Waals surface area (Å²) in [6, 6.07) is 0. The second-order valence-electron chi connectivity index (χ2n) is 13.3. The van der Waals surface area contributed by atoms with Crippen LogP contribution in [0.25, 0.3) is 0 Å². The summed E-state index contributed by atoms with van der Waals surface area (Å²) in [5.74, 6) is 0. The molecule has 4 saturated heterocycles. The van der Waals surface area contributed by atoms with Crippen molar-refractivity contribution >= 4 is 0 Å². The molecule has 0 spiro atoms. The standard InChI is InChI=1S/C20H38O11.C12H22O11.C2H6O2/c1-21-9-11-13(23-3)15(24-4)18(27-7)20(30-11)31-14-12(10-22-2)29-19(28-8)17(26-6)16(14)25-5;13-1-3-5(15)6(16)9(19)12(22-3)23-10-4(2-14)21-11(20)8(18)7(10)17;3-1-2-4/h11-20H,9-10H2,1-8H3;3-20H,1-2H2;3-4H,1-2H2/t11-,12-,13+,14+,15+,16-,17-,18-,19-,20+;3-,4-,5-,6+,7-,8-,9-,10-,11-,12+;/m11./s1. The predicted molar refractivity (Wildman–Crippen MR) is 190 cm³/mol. The Morgan fingerprint density at radius 1 is 0.362 bits per heavy atom. The topological polar surface area (TPSA) is 332 Å². The lowest BCUT2D eigenvalue weighted by atomic mass is 9.96. The second kappa shape index (κ2) is 27.2. The maximum Gasteiger partial charge on any atom is 0.187 e. The molecule has 0 aromatic heterocycles. The molecule has 0 radical (unpaired) electrons. The summed E-state index contributed by atoms with van der Waals surface area (Å²) in [6.45, 7) is -1.05. The van der Waals surface area contributed by atoms with Crippen molar-refractivity contribution < 1.29 is 117 Å². The van der Waals surface area contributed by atoms with Gasteiger partial charge in [0.05, 0.1) is 39.6 Å². The summed E-state index contributed by atoms with van der Waals surface area (Å²) in [6.07, 6.45) is -21.1. The lowest BCUT2D eigenvalue weighted by molar-refractivity contribution is -0.365. The molecule has 10 N–H and O–H groups in total. The number of aliphatic hydroxyl groups excluding tert-OH is 10. The van der Waals surface area contributed by atoms with Gasteiger partial charge in [-0.3, -0.25) is 0 Å². The molecule has 0 bridgehead atoms. The van der Waals surface area contributed by atoms with Gasteiger partial charge in [-0.1, -0.05) is 0 Å². The zero-order valence-electron chi connectivity index (χ0n) is 34.0. The summed E-state index contributed by atoms with van der Waals surface area (Å²) >= 11 is 0. The van der Waals surface area contributed by atoms with Crippen LogP contribution in [-0.2, 0) is 66.3 Å². The van der Waals surface area contributed by atoms with E-state index in [1.807, 2.05) is 0 Å². The maximum atomic E-state index is 9.94. The Balaban J connectivity index is 0.000000379. The van der Waals surface area contributed by atoms with Gasteiger partial charge in [0.25, 0.3) is 0 Å². The molecule has 4 fully saturated rings. The number of methoxy groups -OCH3 is 8. The van der Waals surface area contributed by atoms with E-state index in [2.05, 4.69) is 0 Å². The van der Waals surface area contributed by atoms with Gasteiger partial charge in [-0.05, 0) is 0 Å². The highest BCUT2D eigenvalue weighted by Crippen LogP contribution is 2.34. The van der Waals surface area contributed by atoms with Crippen molar-refractivity contribution in [1.29, 1.82) is 0 Å². The SMILES string of the molecule is COC[C@H]1O[C@@H](OC)[C@H](OC)[C@H](OC)[C@H]1O[C@@H]1O[C@H](COC)[C@H](OC)[C@H](OC)[C@H]1OC.OCCO.OC[C@H]1O[C@@H](O[C@H]2[C@H](O)[C@@H](O)[C@H](O)O[C@@H]2CO)[C@H](O)[C@@H](O)[C@@H]1O. The molecule has 346 valence electrons. The number of hydrogen-bond acceptors (Lipinski definition) is 24. The van der Waals surface area contributed by atoms with Crippen LogP contribution in [0.2, 0.25) is 0 Å². The van der Waals surface area contributed by atoms with Crippen LogP contribution in [0, 0.1) is 0 Å². The van der Waals surface area contributed by atoms with E-state index < -0.39 is 136 Å². The van der Waals surface area contributed by atoms with E-state index >= 15 is 0 Å². The molecule has 4 rings (SSSR count). The third-order valence-corrected chi connectivity index (χ3v) is 9.81. The Morgan fingerprint density at radius 2 is 0.810 bits per heavy atom. The molecule has 58 heavy (non-hydrogen) atoms. The average molecular weight is 859 g/mol. The van der Waals surface area contributed by atoms with E-state index in [-0.39, 0.29) is 26.4 Å². The number of hydrogen-bond donors (Lipinski definition) is 10. The monoisotopic (exact) mass is 858 g/mol. The maximum absolute atomic E-state index is 9.94. The zero-order valence-corrected chi connectivity index (χ0v) is 34.0. The first kappa shape index (κ1) is 53.2. The van der Waals surface area contributed by atoms with Gasteiger partial charge >= 0.3 is 0 Å². The molecule has 4 aliphatic rings. The molecular weight excluding hydrogens is 792 g/mol. The van der Waals surface area contributed by atoms with E-state index in [4.69, 9.17) is 81.6 Å². The Kier molecular flexibility index (Phi) is 24.9. The smallest absolute Gasteiger partial charge is 0.187 e. The first-order valence-electron chi connectivity index (χ1n) is 18.4. The van der Waals surface area contributed by atoms with Crippen LogP contribution in [0.15, 0.2) is 0 Å². The van der Waals surface area contributed by atoms with E-state index in [0.717, 1.165) is 0 Å². The minimum Gasteiger partial charge on any atom is -0.394 e. The molecule has 20 atom stereocenters. The highest BCUT2D eigenvalue weighted by Gasteiger charge is 2.54. The van der Waals surface area contributed by atoms with Crippen LogP contribution in [0.4, 0.5) is 0 Å². The van der Waals surface area contributed by atoms with Gasteiger partial charge in [0.15, 0.2) is 25.2 Å². The molecule has 24 nitrogen and oxygen atoms in total. The summed E-state index contributed by atoms with van der Waals surface area (Å²) < 4.78 is 78.4. The highest BCUT2D eigenvalue weighted by atomic mass is 16.8. The predicted octanol–water partition coefficient (Wildman–Crippen LogP) is -6.59. The minimum atomic E-state index is -1.74. The second-order valence-corrected chi connectivity index (χ2v) is 13.3. The highest BCUT2D eigenvalue weighted by molar-refractivity contribution is 4.97. The lowest BCUT2D eigenvalue weighted by Crippen LogP contribution is -2.66. The Morgan fingerprint density at radius 3 is 1.28 bits per heavy atom. The first-order valence-corrected chi connectivity index (χ1v) is 18.4. The van der Waals surface area contributed by atoms with Crippen molar-refractivity contribution in [1.82, 2.24) is 0 Å². The third-order valence-electron chi connectivity index (χ3n) is 9.81. The molecule has 0 aromatic rings. The fraction of sp³-hybridized carbons (Fsp3) is 1.00. The normalized spacial score (nSPS) is 43.1. The van der Waals surface area contributed by atoms with E-state index in [9.17, 15) is 35.7 Å². The van der Waals surface area contributed by atoms with Gasteiger partial charge in [-0.25, -0.2) is 0 Å². The third kappa shape index (κ3) is 13.3. The molecule has 4 aliphatic heterocycles. The molecule has 0 aliphatic carbocycles. The zero-order chi connectivity index (χ0) is 43.7. The van der Waals surface area contributed by atoms with Crippen LogP contribution in [0.1, 0.15) is 0 Å². The van der Waals surface area contributed by atoms with Crippen molar-refractivity contribution in [3.63, 3.8) is 0 Å². The lowest BCUT2D eigenvalue weighted by Gasteiger charge is -2.49. The van der Waals surface area contributed by atoms with Gasteiger partial charge in [0.2, 0.25) is 0 Å². The number of aliphatic hydroxyl groups is 10. The Bertz CT molecular complexity index is 1060. The molecule has 0 amide bonds. The molecule has 24 heteroatoms. The van der Waals surface area contributed by atoms with Crippen LogP contribution < -0.4 is 0 Å². The molecular formula is C34H66O24. The largest absolute Gasteiger partial charge is 0.394 e. The molecule has 4 heterocycles. The summed E-state index contributed by atoms with van der Waals surface area (Å²) in [4.78, 5) is 0. The fourth-order valence-corrected chi connectivity index (χ4v) is 6.86. The number of ether oxygens (including phenoxy) is 14. The average Bonchev–Trinajstić information content (AvgIpc) is 3.23. The van der Waals surface area contributed by atoms with E-state index in [0.29, 0.717) is 0 Å². The van der Waals surface area contributed by atoms with Gasteiger partial charge in [-0.2, -0.15) is 0 Å². The Hall–Kier alpha value is -0.960. The quantitative estimate of drug-likeness (QED) is 0.0650. The Labute approximate surface area is 336 Å². The fourth-order valence-electron chi connectivity index (χ4n) is 6.86. The van der Waals surface area contributed by atoms with Gasteiger partial charge in [0.1, 0.15) is 97.7 Å². The van der Waals surface area contributed by atoms with Crippen LogP contribution >= 0.6 is 0 Å². The van der Waals surface area contributed by atoms with Crippen LogP contribution in [-0.4, -0.2) is 270 Å². The van der Waals surface area contributed by atoms with Crippen LogP contribution in [0.5, 0.6) is 0 Å². The van der Waals surface area contributed by atoms with E-state index in [1.54, 1.807) is 56.9 Å². The van der Waals surface area contributed by atoms with Crippen molar-refractivity contribution in [2.45, 2.75) is 123 Å². The molecule has 0 aromatic carbocycles. The molecule has 0 saturated carbocycles. The van der Waals surface area contributed by atoms with Crippen molar-refractivity contribution in [2.75, 3.05) is 96.5 Å². The van der Waals surface area contributed by atoms with Crippen molar-refractivity contribution in [3.05, 3.63) is 0 Å². The first-order chi connectivity index (χ1) is 27.8. The van der Waals surface area contributed by atoms with Gasteiger partial charge < -0.3 is 117 Å². The van der Waals surface area contributed by atoms with Gasteiger partial charge in [-0.15, -0.1) is 0 Å². The van der Waals surface area contributed by atoms with Crippen LogP contribution in [0.3, 0.4) is 0 Å². The minimum absolute atomic E-state index is 0.125. The summed E-state index contributed by atoms with van der Waals surface area (Å²) in [5.41, 5.74) is 0. The van der Waals surface area contributed by atoms with Crippen molar-refractivity contribution in [3.8, 4) is 0 Å². The van der Waals surface area contributed by atoms with E-state index in [1.165, 1.54) is 0 Å². The van der Waals surface area contributed by atoms with Crippen molar-refractivity contribution in [2.24, 2.45) is 0 Å². The molecule has 0 unspecified atom stereocenters. The number of rotatable bonds is 17. The summed E-state index contributed by atoms with van der Waals surface area (Å²) in [5, 5.41) is 91.7. The van der Waals surface area contributed by atoms with Gasteiger partial charge in [0, 0.05) is 56.9 Å².